The van der Waals surface area contributed by atoms with E-state index >= 15 is 0 Å². The van der Waals surface area contributed by atoms with E-state index < -0.39 is 5.97 Å². The maximum Gasteiger partial charge on any atom is 0.376 e. The first-order chi connectivity index (χ1) is 6.71. The number of aromatic nitrogens is 2. The third kappa shape index (κ3) is 2.18. The molecule has 0 atom stereocenters. The van der Waals surface area contributed by atoms with Gasteiger partial charge in [-0.05, 0) is 6.42 Å². The SMILES string of the molecule is CCc1cc(NC)nc(C(=O)OC)n1. The third-order valence-electron chi connectivity index (χ3n) is 1.77. The molecule has 0 amide bonds. The molecule has 0 aromatic carbocycles. The summed E-state index contributed by atoms with van der Waals surface area (Å²) in [6.45, 7) is 1.96. The Kier molecular flexibility index (Phi) is 3.39. The van der Waals surface area contributed by atoms with Gasteiger partial charge in [0.05, 0.1) is 7.11 Å². The van der Waals surface area contributed by atoms with Crippen LogP contribution >= 0.6 is 0 Å². The molecule has 0 saturated heterocycles. The molecule has 1 aromatic heterocycles. The molecule has 1 heterocycles. The van der Waals surface area contributed by atoms with Crippen molar-refractivity contribution in [3.63, 3.8) is 0 Å². The monoisotopic (exact) mass is 195 g/mol. The molecule has 1 N–H and O–H groups in total. The quantitative estimate of drug-likeness (QED) is 0.725. The van der Waals surface area contributed by atoms with Gasteiger partial charge in [0.2, 0.25) is 5.82 Å². The number of carbonyl (C=O) groups excluding carboxylic acids is 1. The van der Waals surface area contributed by atoms with Crippen molar-refractivity contribution in [1.82, 2.24) is 9.97 Å². The average Bonchev–Trinajstić information content (AvgIpc) is 2.27. The number of anilines is 1. The van der Waals surface area contributed by atoms with Crippen LogP contribution in [0.2, 0.25) is 0 Å². The molecule has 1 aromatic rings. The maximum atomic E-state index is 11.2. The van der Waals surface area contributed by atoms with E-state index in [1.807, 2.05) is 6.92 Å². The first-order valence-corrected chi connectivity index (χ1v) is 4.35. The minimum Gasteiger partial charge on any atom is -0.463 e. The normalized spacial score (nSPS) is 9.64. The summed E-state index contributed by atoms with van der Waals surface area (Å²) in [4.78, 5) is 19.2. The summed E-state index contributed by atoms with van der Waals surface area (Å²) in [5.74, 6) is 0.199. The molecule has 0 aliphatic rings. The number of rotatable bonds is 3. The number of carbonyl (C=O) groups is 1. The second-order valence-electron chi connectivity index (χ2n) is 2.66. The highest BCUT2D eigenvalue weighted by Gasteiger charge is 2.11. The lowest BCUT2D eigenvalue weighted by Crippen LogP contribution is -2.10. The Hall–Kier alpha value is -1.65. The van der Waals surface area contributed by atoms with Crippen LogP contribution in [0.5, 0.6) is 0 Å². The van der Waals surface area contributed by atoms with Crippen LogP contribution in [0.25, 0.3) is 0 Å². The van der Waals surface area contributed by atoms with E-state index in [-0.39, 0.29) is 5.82 Å². The Morgan fingerprint density at radius 1 is 1.57 bits per heavy atom. The highest BCUT2D eigenvalue weighted by atomic mass is 16.5. The lowest BCUT2D eigenvalue weighted by atomic mass is 10.3. The van der Waals surface area contributed by atoms with Gasteiger partial charge in [-0.2, -0.15) is 0 Å². The summed E-state index contributed by atoms with van der Waals surface area (Å²) >= 11 is 0. The third-order valence-corrected chi connectivity index (χ3v) is 1.77. The van der Waals surface area contributed by atoms with Crippen LogP contribution in [-0.4, -0.2) is 30.1 Å². The number of aryl methyl sites for hydroxylation is 1. The minimum atomic E-state index is -0.517. The number of hydrogen-bond donors (Lipinski definition) is 1. The van der Waals surface area contributed by atoms with Crippen LogP contribution in [0.3, 0.4) is 0 Å². The smallest absolute Gasteiger partial charge is 0.376 e. The number of nitrogens with zero attached hydrogens (tertiary/aromatic N) is 2. The van der Waals surface area contributed by atoms with Gasteiger partial charge in [0.25, 0.3) is 0 Å². The van der Waals surface area contributed by atoms with Gasteiger partial charge in [0.1, 0.15) is 5.82 Å². The number of methoxy groups -OCH3 is 1. The second-order valence-corrected chi connectivity index (χ2v) is 2.66. The maximum absolute atomic E-state index is 11.2. The minimum absolute atomic E-state index is 0.0937. The summed E-state index contributed by atoms with van der Waals surface area (Å²) in [7, 11) is 3.05. The van der Waals surface area contributed by atoms with Crippen LogP contribution in [0.4, 0.5) is 5.82 Å². The van der Waals surface area contributed by atoms with Gasteiger partial charge < -0.3 is 10.1 Å². The molecular formula is C9H13N3O2. The van der Waals surface area contributed by atoms with Gasteiger partial charge in [0.15, 0.2) is 0 Å². The Balaban J connectivity index is 3.10. The fraction of sp³-hybridized carbons (Fsp3) is 0.444. The van der Waals surface area contributed by atoms with E-state index in [2.05, 4.69) is 20.0 Å². The summed E-state index contributed by atoms with van der Waals surface area (Å²) in [6, 6.07) is 1.80. The number of nitrogens with one attached hydrogen (secondary N) is 1. The zero-order chi connectivity index (χ0) is 10.6. The molecule has 0 radical (unpaired) electrons. The van der Waals surface area contributed by atoms with Crippen molar-refractivity contribution in [1.29, 1.82) is 0 Å². The van der Waals surface area contributed by atoms with Crippen LogP contribution in [0.15, 0.2) is 6.07 Å². The fourth-order valence-corrected chi connectivity index (χ4v) is 0.989. The Labute approximate surface area is 82.5 Å². The van der Waals surface area contributed by atoms with Crippen molar-refractivity contribution in [2.24, 2.45) is 0 Å². The van der Waals surface area contributed by atoms with Gasteiger partial charge >= 0.3 is 5.97 Å². The molecular weight excluding hydrogens is 182 g/mol. The highest BCUT2D eigenvalue weighted by Crippen LogP contribution is 2.07. The van der Waals surface area contributed by atoms with E-state index in [9.17, 15) is 4.79 Å². The van der Waals surface area contributed by atoms with Crippen LogP contribution in [0, 0.1) is 0 Å². The number of ether oxygens (including phenoxy) is 1. The molecule has 5 nitrogen and oxygen atoms in total. The Bertz CT molecular complexity index is 317. The number of esters is 1. The predicted molar refractivity (Wildman–Crippen MR) is 52.3 cm³/mol. The first-order valence-electron chi connectivity index (χ1n) is 4.35. The van der Waals surface area contributed by atoms with Crippen LogP contribution in [-0.2, 0) is 11.2 Å². The van der Waals surface area contributed by atoms with Crippen molar-refractivity contribution in [2.75, 3.05) is 19.5 Å². The predicted octanol–water partition coefficient (Wildman–Crippen LogP) is 0.867. The van der Waals surface area contributed by atoms with Gasteiger partial charge in [-0.15, -0.1) is 0 Å². The molecule has 5 heteroatoms. The molecule has 0 fully saturated rings. The first kappa shape index (κ1) is 10.4. The van der Waals surface area contributed by atoms with Gasteiger partial charge in [-0.3, -0.25) is 0 Å². The van der Waals surface area contributed by atoms with Crippen LogP contribution in [0.1, 0.15) is 23.2 Å². The van der Waals surface area contributed by atoms with E-state index in [0.29, 0.717) is 5.82 Å². The zero-order valence-corrected chi connectivity index (χ0v) is 8.50. The lowest BCUT2D eigenvalue weighted by molar-refractivity contribution is 0.0586. The van der Waals surface area contributed by atoms with Gasteiger partial charge in [-0.1, -0.05) is 6.92 Å². The topological polar surface area (TPSA) is 64.1 Å². The molecule has 0 spiro atoms. The molecule has 0 unspecified atom stereocenters. The molecule has 0 aliphatic heterocycles. The van der Waals surface area contributed by atoms with Crippen molar-refractivity contribution < 1.29 is 9.53 Å². The standard InChI is InChI=1S/C9H13N3O2/c1-4-6-5-7(10-2)12-8(11-6)9(13)14-3/h5H,4H2,1-3H3,(H,10,11,12). The van der Waals surface area contributed by atoms with Crippen molar-refractivity contribution in [3.8, 4) is 0 Å². The highest BCUT2D eigenvalue weighted by molar-refractivity contribution is 5.85. The van der Waals surface area contributed by atoms with E-state index in [1.165, 1.54) is 7.11 Å². The summed E-state index contributed by atoms with van der Waals surface area (Å²) in [5.41, 5.74) is 0.810. The molecule has 0 bridgehead atoms. The van der Waals surface area contributed by atoms with Crippen LogP contribution < -0.4 is 5.32 Å². The Morgan fingerprint density at radius 2 is 2.29 bits per heavy atom. The second kappa shape index (κ2) is 4.55. The molecule has 1 rings (SSSR count). The average molecular weight is 195 g/mol. The van der Waals surface area contributed by atoms with E-state index in [4.69, 9.17) is 0 Å². The van der Waals surface area contributed by atoms with Gasteiger partial charge in [0, 0.05) is 18.8 Å². The van der Waals surface area contributed by atoms with Crippen molar-refractivity contribution in [2.45, 2.75) is 13.3 Å². The summed E-state index contributed by atoms with van der Waals surface area (Å²) < 4.78 is 4.54. The summed E-state index contributed by atoms with van der Waals surface area (Å²) in [5, 5.41) is 2.86. The lowest BCUT2D eigenvalue weighted by Gasteiger charge is -2.04. The number of hydrogen-bond acceptors (Lipinski definition) is 5. The van der Waals surface area contributed by atoms with Crippen molar-refractivity contribution in [3.05, 3.63) is 17.6 Å². The molecule has 0 saturated carbocycles. The Morgan fingerprint density at radius 3 is 2.79 bits per heavy atom. The molecule has 76 valence electrons. The zero-order valence-electron chi connectivity index (χ0n) is 8.50. The molecule has 0 aliphatic carbocycles. The largest absolute Gasteiger partial charge is 0.463 e. The van der Waals surface area contributed by atoms with Gasteiger partial charge in [-0.25, -0.2) is 14.8 Å². The summed E-state index contributed by atoms with van der Waals surface area (Å²) in [6.07, 6.45) is 0.751. The van der Waals surface area contributed by atoms with E-state index in [1.54, 1.807) is 13.1 Å². The molecule has 14 heavy (non-hydrogen) atoms. The fourth-order valence-electron chi connectivity index (χ4n) is 0.989. The van der Waals surface area contributed by atoms with E-state index in [0.717, 1.165) is 12.1 Å². The van der Waals surface area contributed by atoms with Crippen molar-refractivity contribution >= 4 is 11.8 Å².